The second-order valence-corrected chi connectivity index (χ2v) is 5.65. The van der Waals surface area contributed by atoms with Crippen molar-refractivity contribution in [1.29, 1.82) is 0 Å². The van der Waals surface area contributed by atoms with E-state index in [0.717, 1.165) is 16.8 Å². The van der Waals surface area contributed by atoms with Gasteiger partial charge in [-0.05, 0) is 49.2 Å². The third-order valence-electron chi connectivity index (χ3n) is 3.29. The fraction of sp³-hybridized carbons (Fsp3) is 0.118. The second-order valence-electron chi connectivity index (χ2n) is 5.21. The Kier molecular flexibility index (Phi) is 4.12. The Labute approximate surface area is 138 Å². The highest BCUT2D eigenvalue weighted by molar-refractivity contribution is 6.30. The lowest BCUT2D eigenvalue weighted by atomic mass is 10.2. The second kappa shape index (κ2) is 6.22. The number of rotatable bonds is 3. The van der Waals surface area contributed by atoms with E-state index in [-0.39, 0.29) is 5.91 Å². The van der Waals surface area contributed by atoms with Crippen molar-refractivity contribution in [2.45, 2.75) is 13.8 Å². The van der Waals surface area contributed by atoms with Gasteiger partial charge >= 0.3 is 0 Å². The first-order chi connectivity index (χ1) is 11.0. The predicted octanol–water partition coefficient (Wildman–Crippen LogP) is 3.65. The smallest absolute Gasteiger partial charge is 0.248 e. The summed E-state index contributed by atoms with van der Waals surface area (Å²) in [6, 6.07) is 9.13. The molecule has 0 saturated heterocycles. The van der Waals surface area contributed by atoms with Crippen molar-refractivity contribution in [2.24, 2.45) is 0 Å². The Morgan fingerprint density at radius 1 is 1.26 bits per heavy atom. The van der Waals surface area contributed by atoms with E-state index >= 15 is 0 Å². The van der Waals surface area contributed by atoms with Crippen LogP contribution in [0.25, 0.3) is 11.7 Å². The third kappa shape index (κ3) is 3.57. The van der Waals surface area contributed by atoms with Gasteiger partial charge in [0.1, 0.15) is 5.82 Å². The number of nitrogens with one attached hydrogen (secondary N) is 1. The number of pyridine rings is 1. The molecular weight excluding hydrogens is 312 g/mol. The van der Waals surface area contributed by atoms with E-state index in [1.54, 1.807) is 28.9 Å². The van der Waals surface area contributed by atoms with Gasteiger partial charge in [0.05, 0.1) is 11.9 Å². The first-order valence-electron chi connectivity index (χ1n) is 7.09. The largest absolute Gasteiger partial charge is 0.321 e. The molecule has 2 aromatic heterocycles. The Morgan fingerprint density at radius 2 is 2.00 bits per heavy atom. The quantitative estimate of drug-likeness (QED) is 0.747. The van der Waals surface area contributed by atoms with Crippen LogP contribution in [0.15, 0.2) is 42.6 Å². The number of anilines is 1. The summed E-state index contributed by atoms with van der Waals surface area (Å²) in [7, 11) is 0. The standard InChI is InChI=1S/C17H15ClN4O/c1-11-9-15(10-22-17(11)19-12(2)21-22)20-16(23)8-5-13-3-6-14(18)7-4-13/h3-10H,1-2H3,(H,20,23)/b8-5+. The molecule has 1 amide bonds. The molecular formula is C17H15ClN4O. The summed E-state index contributed by atoms with van der Waals surface area (Å²) in [6.07, 6.45) is 4.96. The normalized spacial score (nSPS) is 11.3. The maximum absolute atomic E-state index is 12.0. The zero-order chi connectivity index (χ0) is 16.4. The summed E-state index contributed by atoms with van der Waals surface area (Å²) in [5.74, 6) is 0.481. The van der Waals surface area contributed by atoms with E-state index in [2.05, 4.69) is 15.4 Å². The van der Waals surface area contributed by atoms with Crippen molar-refractivity contribution in [3.05, 3.63) is 64.6 Å². The molecule has 1 aromatic carbocycles. The number of aromatic nitrogens is 3. The summed E-state index contributed by atoms with van der Waals surface area (Å²) < 4.78 is 1.67. The van der Waals surface area contributed by atoms with Gasteiger partial charge in [0.2, 0.25) is 5.91 Å². The molecule has 0 unspecified atom stereocenters. The molecule has 1 N–H and O–H groups in total. The molecule has 0 bridgehead atoms. The van der Waals surface area contributed by atoms with E-state index in [9.17, 15) is 4.79 Å². The third-order valence-corrected chi connectivity index (χ3v) is 3.54. The number of nitrogens with zero attached hydrogens (tertiary/aromatic N) is 3. The maximum atomic E-state index is 12.0. The zero-order valence-electron chi connectivity index (χ0n) is 12.7. The average Bonchev–Trinajstić information content (AvgIpc) is 2.88. The summed E-state index contributed by atoms with van der Waals surface area (Å²) in [5.41, 5.74) is 3.32. The molecule has 0 spiro atoms. The summed E-state index contributed by atoms with van der Waals surface area (Å²) in [6.45, 7) is 3.77. The molecule has 2 heterocycles. The van der Waals surface area contributed by atoms with E-state index < -0.39 is 0 Å². The summed E-state index contributed by atoms with van der Waals surface area (Å²) >= 11 is 5.83. The minimum absolute atomic E-state index is 0.212. The van der Waals surface area contributed by atoms with Crippen molar-refractivity contribution in [2.75, 3.05) is 5.32 Å². The fourth-order valence-corrected chi connectivity index (χ4v) is 2.38. The molecule has 5 nitrogen and oxygen atoms in total. The van der Waals surface area contributed by atoms with Crippen molar-refractivity contribution >= 4 is 34.9 Å². The number of amides is 1. The van der Waals surface area contributed by atoms with E-state index in [4.69, 9.17) is 11.6 Å². The Bertz CT molecular complexity index is 897. The molecule has 0 aliphatic heterocycles. The lowest BCUT2D eigenvalue weighted by molar-refractivity contribution is -0.111. The molecule has 0 aliphatic rings. The molecule has 0 atom stereocenters. The van der Waals surface area contributed by atoms with Gasteiger partial charge in [-0.15, -0.1) is 0 Å². The first kappa shape index (κ1) is 15.2. The van der Waals surface area contributed by atoms with Gasteiger partial charge in [-0.2, -0.15) is 5.10 Å². The van der Waals surface area contributed by atoms with Crippen molar-refractivity contribution in [3.63, 3.8) is 0 Å². The van der Waals surface area contributed by atoms with Gasteiger partial charge in [0, 0.05) is 11.1 Å². The minimum Gasteiger partial charge on any atom is -0.321 e. The highest BCUT2D eigenvalue weighted by Crippen LogP contribution is 2.15. The van der Waals surface area contributed by atoms with Gasteiger partial charge in [-0.1, -0.05) is 23.7 Å². The number of fused-ring (bicyclic) bond motifs is 1. The van der Waals surface area contributed by atoms with Crippen LogP contribution in [0.4, 0.5) is 5.69 Å². The van der Waals surface area contributed by atoms with Crippen LogP contribution in [0, 0.1) is 13.8 Å². The maximum Gasteiger partial charge on any atom is 0.248 e. The van der Waals surface area contributed by atoms with E-state index in [0.29, 0.717) is 16.5 Å². The molecule has 0 aliphatic carbocycles. The molecule has 116 valence electrons. The number of aryl methyl sites for hydroxylation is 2. The van der Waals surface area contributed by atoms with Crippen molar-refractivity contribution in [1.82, 2.24) is 14.6 Å². The van der Waals surface area contributed by atoms with Crippen LogP contribution in [0.3, 0.4) is 0 Å². The van der Waals surface area contributed by atoms with Crippen LogP contribution in [0.5, 0.6) is 0 Å². The van der Waals surface area contributed by atoms with Gasteiger partial charge in [0.25, 0.3) is 0 Å². The predicted molar refractivity (Wildman–Crippen MR) is 91.6 cm³/mol. The number of hydrogen-bond donors (Lipinski definition) is 1. The Balaban J connectivity index is 1.76. The number of benzene rings is 1. The summed E-state index contributed by atoms with van der Waals surface area (Å²) in [4.78, 5) is 16.4. The summed E-state index contributed by atoms with van der Waals surface area (Å²) in [5, 5.41) is 7.76. The Morgan fingerprint density at radius 3 is 2.74 bits per heavy atom. The van der Waals surface area contributed by atoms with Crippen LogP contribution in [0.2, 0.25) is 5.02 Å². The van der Waals surface area contributed by atoms with Gasteiger partial charge in [-0.25, -0.2) is 9.50 Å². The fourth-order valence-electron chi connectivity index (χ4n) is 2.25. The monoisotopic (exact) mass is 326 g/mol. The first-order valence-corrected chi connectivity index (χ1v) is 7.47. The van der Waals surface area contributed by atoms with Gasteiger partial charge in [-0.3, -0.25) is 4.79 Å². The van der Waals surface area contributed by atoms with Crippen LogP contribution >= 0.6 is 11.6 Å². The lowest BCUT2D eigenvalue weighted by Gasteiger charge is -2.04. The molecule has 3 aromatic rings. The van der Waals surface area contributed by atoms with Crippen LogP contribution in [-0.2, 0) is 4.79 Å². The molecule has 23 heavy (non-hydrogen) atoms. The highest BCUT2D eigenvalue weighted by Gasteiger charge is 2.06. The number of hydrogen-bond acceptors (Lipinski definition) is 3. The van der Waals surface area contributed by atoms with E-state index in [1.165, 1.54) is 6.08 Å². The van der Waals surface area contributed by atoms with Crippen LogP contribution < -0.4 is 5.32 Å². The number of carbonyl (C=O) groups excluding carboxylic acids is 1. The number of carbonyl (C=O) groups is 1. The highest BCUT2D eigenvalue weighted by atomic mass is 35.5. The molecule has 6 heteroatoms. The van der Waals surface area contributed by atoms with Crippen LogP contribution in [0.1, 0.15) is 17.0 Å². The molecule has 3 rings (SSSR count). The van der Waals surface area contributed by atoms with E-state index in [1.807, 2.05) is 32.0 Å². The van der Waals surface area contributed by atoms with Crippen molar-refractivity contribution in [3.8, 4) is 0 Å². The van der Waals surface area contributed by atoms with Crippen LogP contribution in [-0.4, -0.2) is 20.5 Å². The Hall–Kier alpha value is -2.66. The SMILES string of the molecule is Cc1nc2c(C)cc(NC(=O)/C=C/c3ccc(Cl)cc3)cn2n1. The van der Waals surface area contributed by atoms with Gasteiger partial charge < -0.3 is 5.32 Å². The van der Waals surface area contributed by atoms with Gasteiger partial charge in [0.15, 0.2) is 5.65 Å². The lowest BCUT2D eigenvalue weighted by Crippen LogP contribution is -2.09. The average molecular weight is 327 g/mol. The molecule has 0 radical (unpaired) electrons. The molecule has 0 fully saturated rings. The zero-order valence-corrected chi connectivity index (χ0v) is 13.5. The number of halogens is 1. The topological polar surface area (TPSA) is 59.3 Å². The minimum atomic E-state index is -0.212. The molecule has 0 saturated carbocycles. The van der Waals surface area contributed by atoms with Crippen molar-refractivity contribution < 1.29 is 4.79 Å².